The van der Waals surface area contributed by atoms with Gasteiger partial charge in [0.2, 0.25) is 5.91 Å². The van der Waals surface area contributed by atoms with E-state index in [-0.39, 0.29) is 25.1 Å². The highest BCUT2D eigenvalue weighted by Gasteiger charge is 2.52. The quantitative estimate of drug-likeness (QED) is 0.679. The summed E-state index contributed by atoms with van der Waals surface area (Å²) in [5, 5.41) is 3.49. The molecule has 1 aliphatic carbocycles. The van der Waals surface area contributed by atoms with Crippen molar-refractivity contribution in [1.29, 1.82) is 0 Å². The Morgan fingerprint density at radius 3 is 2.48 bits per heavy atom. The fourth-order valence-electron chi connectivity index (χ4n) is 3.91. The molecule has 2 fully saturated rings. The molecule has 3 rings (SSSR count). The van der Waals surface area contributed by atoms with E-state index in [9.17, 15) is 23.2 Å². The van der Waals surface area contributed by atoms with Crippen LogP contribution in [0.15, 0.2) is 18.2 Å². The van der Waals surface area contributed by atoms with E-state index in [1.165, 1.54) is 18.2 Å². The van der Waals surface area contributed by atoms with Gasteiger partial charge >= 0.3 is 6.03 Å². The maximum atomic E-state index is 13.8. The zero-order valence-corrected chi connectivity index (χ0v) is 16.5. The molecule has 0 atom stereocenters. The third-order valence-electron chi connectivity index (χ3n) is 5.65. The van der Waals surface area contributed by atoms with Crippen LogP contribution in [0.4, 0.5) is 13.6 Å². The second-order valence-corrected chi connectivity index (χ2v) is 7.57. The third-order valence-corrected chi connectivity index (χ3v) is 5.65. The molecule has 0 bridgehead atoms. The minimum absolute atomic E-state index is 0.0199. The Balaban J connectivity index is 1.55. The number of hydrogen-bond acceptors (Lipinski definition) is 4. The zero-order chi connectivity index (χ0) is 21.0. The standard InChI is InChI=1S/C20H26F2N4O3/c1-2-25(13-14-15(21)7-6-8-16(14)22)12-9-17(27)24-26-18(28)20(23-19(26)29)10-4-3-5-11-20/h6-8H,2-5,9-13H2,1H3,(H,23,29)(H,24,27). The highest BCUT2D eigenvalue weighted by atomic mass is 19.1. The molecule has 1 heterocycles. The Bertz CT molecular complexity index is 776. The fraction of sp³-hybridized carbons (Fsp3) is 0.550. The van der Waals surface area contributed by atoms with E-state index < -0.39 is 35.0 Å². The van der Waals surface area contributed by atoms with Gasteiger partial charge in [0.05, 0.1) is 0 Å². The molecule has 1 aliphatic heterocycles. The van der Waals surface area contributed by atoms with Crippen LogP contribution in [0.2, 0.25) is 0 Å². The molecule has 7 nitrogen and oxygen atoms in total. The van der Waals surface area contributed by atoms with Gasteiger partial charge in [-0.3, -0.25) is 19.9 Å². The average Bonchev–Trinajstić information content (AvgIpc) is 2.91. The van der Waals surface area contributed by atoms with Crippen molar-refractivity contribution < 1.29 is 23.2 Å². The van der Waals surface area contributed by atoms with E-state index in [1.54, 1.807) is 4.90 Å². The maximum absolute atomic E-state index is 13.8. The molecule has 9 heteroatoms. The first-order valence-corrected chi connectivity index (χ1v) is 9.98. The van der Waals surface area contributed by atoms with Gasteiger partial charge in [0, 0.05) is 25.1 Å². The molecule has 1 aromatic rings. The van der Waals surface area contributed by atoms with Crippen LogP contribution in [0.25, 0.3) is 0 Å². The lowest BCUT2D eigenvalue weighted by Crippen LogP contribution is -2.51. The van der Waals surface area contributed by atoms with Crippen LogP contribution in [0, 0.1) is 11.6 Å². The van der Waals surface area contributed by atoms with E-state index in [4.69, 9.17) is 0 Å². The number of nitrogens with one attached hydrogen (secondary N) is 2. The molecule has 29 heavy (non-hydrogen) atoms. The Morgan fingerprint density at radius 2 is 1.86 bits per heavy atom. The largest absolute Gasteiger partial charge is 0.344 e. The molecule has 2 N–H and O–H groups in total. The first kappa shape index (κ1) is 21.2. The van der Waals surface area contributed by atoms with Gasteiger partial charge in [-0.1, -0.05) is 32.3 Å². The number of urea groups is 1. The number of benzene rings is 1. The first-order valence-electron chi connectivity index (χ1n) is 9.98. The van der Waals surface area contributed by atoms with Gasteiger partial charge in [0.15, 0.2) is 0 Å². The van der Waals surface area contributed by atoms with Crippen molar-refractivity contribution in [2.75, 3.05) is 13.1 Å². The van der Waals surface area contributed by atoms with Crippen molar-refractivity contribution in [3.63, 3.8) is 0 Å². The molecule has 0 aromatic heterocycles. The number of carbonyl (C=O) groups is 3. The van der Waals surface area contributed by atoms with Crippen LogP contribution in [0.5, 0.6) is 0 Å². The number of halogens is 2. The summed E-state index contributed by atoms with van der Waals surface area (Å²) in [5.41, 5.74) is 1.42. The Morgan fingerprint density at radius 1 is 1.21 bits per heavy atom. The van der Waals surface area contributed by atoms with Crippen molar-refractivity contribution >= 4 is 17.8 Å². The van der Waals surface area contributed by atoms with E-state index in [0.29, 0.717) is 19.4 Å². The fourth-order valence-corrected chi connectivity index (χ4v) is 3.91. The van der Waals surface area contributed by atoms with Gasteiger partial charge in [0.1, 0.15) is 17.2 Å². The number of nitrogens with zero attached hydrogens (tertiary/aromatic N) is 2. The number of hydrazine groups is 1. The minimum atomic E-state index is -0.902. The van der Waals surface area contributed by atoms with Crippen LogP contribution in [0.3, 0.4) is 0 Å². The monoisotopic (exact) mass is 408 g/mol. The number of carbonyl (C=O) groups excluding carboxylic acids is 3. The highest BCUT2D eigenvalue weighted by Crippen LogP contribution is 2.33. The van der Waals surface area contributed by atoms with Crippen LogP contribution in [-0.4, -0.2) is 46.4 Å². The van der Waals surface area contributed by atoms with Gasteiger partial charge in [-0.15, -0.1) is 0 Å². The van der Waals surface area contributed by atoms with Gasteiger partial charge in [-0.2, -0.15) is 5.01 Å². The van der Waals surface area contributed by atoms with Crippen molar-refractivity contribution in [3.05, 3.63) is 35.4 Å². The molecular weight excluding hydrogens is 382 g/mol. The van der Waals surface area contributed by atoms with Gasteiger partial charge in [-0.25, -0.2) is 13.6 Å². The lowest BCUT2D eigenvalue weighted by molar-refractivity contribution is -0.140. The van der Waals surface area contributed by atoms with E-state index in [1.807, 2.05) is 6.92 Å². The number of amides is 4. The number of rotatable bonds is 7. The number of hydrogen-bond donors (Lipinski definition) is 2. The molecule has 1 aromatic carbocycles. The summed E-state index contributed by atoms with van der Waals surface area (Å²) in [5.74, 6) is -2.19. The smallest absolute Gasteiger partial charge is 0.322 e. The summed E-state index contributed by atoms with van der Waals surface area (Å²) in [7, 11) is 0. The van der Waals surface area contributed by atoms with E-state index in [2.05, 4.69) is 10.7 Å². The van der Waals surface area contributed by atoms with Gasteiger partial charge in [0.25, 0.3) is 5.91 Å². The third kappa shape index (κ3) is 4.55. The molecular formula is C20H26F2N4O3. The molecule has 1 spiro atoms. The second-order valence-electron chi connectivity index (χ2n) is 7.57. The highest BCUT2D eigenvalue weighted by molar-refractivity contribution is 6.08. The molecule has 0 unspecified atom stereocenters. The molecule has 0 radical (unpaired) electrons. The topological polar surface area (TPSA) is 81.8 Å². The predicted octanol–water partition coefficient (Wildman–Crippen LogP) is 2.46. The normalized spacial score (nSPS) is 18.4. The van der Waals surface area contributed by atoms with Crippen molar-refractivity contribution in [2.24, 2.45) is 0 Å². The maximum Gasteiger partial charge on any atom is 0.344 e. The van der Waals surface area contributed by atoms with Crippen LogP contribution in [-0.2, 0) is 16.1 Å². The molecule has 4 amide bonds. The summed E-state index contributed by atoms with van der Waals surface area (Å²) in [6, 6.07) is 3.07. The second kappa shape index (κ2) is 8.86. The minimum Gasteiger partial charge on any atom is -0.322 e. The molecule has 1 saturated heterocycles. The van der Waals surface area contributed by atoms with Crippen molar-refractivity contribution in [3.8, 4) is 0 Å². The summed E-state index contributed by atoms with van der Waals surface area (Å²) < 4.78 is 27.7. The van der Waals surface area contributed by atoms with Crippen molar-refractivity contribution in [2.45, 2.75) is 57.5 Å². The van der Waals surface area contributed by atoms with Gasteiger partial charge in [-0.05, 0) is 31.5 Å². The lowest BCUT2D eigenvalue weighted by atomic mass is 9.82. The SMILES string of the molecule is CCN(CCC(=O)NN1C(=O)NC2(CCCCC2)C1=O)Cc1c(F)cccc1F. The predicted molar refractivity (Wildman–Crippen MR) is 101 cm³/mol. The van der Waals surface area contributed by atoms with E-state index >= 15 is 0 Å². The van der Waals surface area contributed by atoms with E-state index in [0.717, 1.165) is 24.3 Å². The first-order chi connectivity index (χ1) is 13.9. The Hall–Kier alpha value is -2.55. The van der Waals surface area contributed by atoms with Crippen LogP contribution >= 0.6 is 0 Å². The zero-order valence-electron chi connectivity index (χ0n) is 16.5. The summed E-state index contributed by atoms with van der Waals surface area (Å²) in [4.78, 5) is 38.9. The van der Waals surface area contributed by atoms with Gasteiger partial charge < -0.3 is 5.32 Å². The summed E-state index contributed by atoms with van der Waals surface area (Å²) in [6.07, 6.45) is 3.85. The summed E-state index contributed by atoms with van der Waals surface area (Å²) >= 11 is 0. The van der Waals surface area contributed by atoms with Crippen molar-refractivity contribution in [1.82, 2.24) is 20.7 Å². The molecule has 158 valence electrons. The Labute approximate surface area is 168 Å². The Kier molecular flexibility index (Phi) is 6.46. The molecule has 1 saturated carbocycles. The summed E-state index contributed by atoms with van der Waals surface area (Å²) in [6.45, 7) is 2.55. The average molecular weight is 408 g/mol. The molecule has 2 aliphatic rings. The van der Waals surface area contributed by atoms with Crippen LogP contribution in [0.1, 0.15) is 51.0 Å². The lowest BCUT2D eigenvalue weighted by Gasteiger charge is -2.30. The van der Waals surface area contributed by atoms with Crippen LogP contribution < -0.4 is 10.7 Å². The number of imide groups is 1.